The minimum absolute atomic E-state index is 0.173. The average molecular weight is 363 g/mol. The van der Waals surface area contributed by atoms with Gasteiger partial charge >= 0.3 is 0 Å². The van der Waals surface area contributed by atoms with Crippen LogP contribution >= 0.6 is 15.9 Å². The third-order valence-corrected chi connectivity index (χ3v) is 4.68. The van der Waals surface area contributed by atoms with Crippen LogP contribution in [0.1, 0.15) is 52.6 Å². The summed E-state index contributed by atoms with van der Waals surface area (Å²) in [7, 11) is 0. The SMILES string of the molecule is CC(C)c1[nH]nc(C(=O)NCc2ccc3c(c2)CNC3)c1Br. The number of H-pyrrole nitrogens is 1. The number of nitrogens with zero attached hydrogens (tertiary/aromatic N) is 1. The summed E-state index contributed by atoms with van der Waals surface area (Å²) in [5.74, 6) is 0.112. The molecule has 3 N–H and O–H groups in total. The second-order valence-electron chi connectivity index (χ2n) is 5.84. The lowest BCUT2D eigenvalue weighted by molar-refractivity contribution is 0.0945. The molecule has 1 aliphatic rings. The highest BCUT2D eigenvalue weighted by molar-refractivity contribution is 9.10. The first kappa shape index (κ1) is 15.2. The van der Waals surface area contributed by atoms with Crippen molar-refractivity contribution in [2.24, 2.45) is 0 Å². The Morgan fingerprint density at radius 3 is 2.86 bits per heavy atom. The Morgan fingerprint density at radius 1 is 1.36 bits per heavy atom. The van der Waals surface area contributed by atoms with Crippen molar-refractivity contribution in [3.05, 3.63) is 50.8 Å². The minimum atomic E-state index is -0.173. The Balaban J connectivity index is 1.67. The zero-order valence-corrected chi connectivity index (χ0v) is 14.3. The number of amides is 1. The standard InChI is InChI=1S/C16H19BrN4O/c1-9(2)14-13(17)15(21-20-14)16(22)19-6-10-3-4-11-7-18-8-12(11)5-10/h3-5,9,18H,6-8H2,1-2H3,(H,19,22)(H,20,21). The molecule has 116 valence electrons. The van der Waals surface area contributed by atoms with Gasteiger partial charge in [-0.15, -0.1) is 0 Å². The Labute approximate surface area is 138 Å². The van der Waals surface area contributed by atoms with Crippen LogP contribution in [0.25, 0.3) is 0 Å². The topological polar surface area (TPSA) is 69.8 Å². The van der Waals surface area contributed by atoms with E-state index in [9.17, 15) is 4.79 Å². The van der Waals surface area contributed by atoms with Gasteiger partial charge in [0.05, 0.1) is 10.2 Å². The molecule has 0 aliphatic carbocycles. The van der Waals surface area contributed by atoms with Gasteiger partial charge in [0.1, 0.15) is 0 Å². The van der Waals surface area contributed by atoms with E-state index in [4.69, 9.17) is 0 Å². The third kappa shape index (κ3) is 2.94. The lowest BCUT2D eigenvalue weighted by Gasteiger charge is -2.06. The van der Waals surface area contributed by atoms with E-state index < -0.39 is 0 Å². The molecule has 0 radical (unpaired) electrons. The average Bonchev–Trinajstić information content (AvgIpc) is 3.10. The van der Waals surface area contributed by atoms with Crippen LogP contribution in [-0.4, -0.2) is 16.1 Å². The third-order valence-electron chi connectivity index (χ3n) is 3.88. The molecule has 1 amide bonds. The van der Waals surface area contributed by atoms with Gasteiger partial charge in [0, 0.05) is 19.6 Å². The summed E-state index contributed by atoms with van der Waals surface area (Å²) in [4.78, 5) is 12.3. The highest BCUT2D eigenvalue weighted by Gasteiger charge is 2.19. The molecule has 1 aromatic heterocycles. The Kier molecular flexibility index (Phi) is 4.31. The van der Waals surface area contributed by atoms with Gasteiger partial charge in [-0.25, -0.2) is 0 Å². The molecule has 5 nitrogen and oxygen atoms in total. The molecule has 2 aromatic rings. The maximum atomic E-state index is 12.3. The van der Waals surface area contributed by atoms with Gasteiger partial charge in [0.25, 0.3) is 5.91 Å². The fourth-order valence-electron chi connectivity index (χ4n) is 2.60. The van der Waals surface area contributed by atoms with Crippen molar-refractivity contribution in [2.45, 2.75) is 39.4 Å². The van der Waals surface area contributed by atoms with Crippen molar-refractivity contribution in [2.75, 3.05) is 0 Å². The number of halogens is 1. The van der Waals surface area contributed by atoms with Crippen LogP contribution in [0.3, 0.4) is 0 Å². The van der Waals surface area contributed by atoms with Crippen molar-refractivity contribution >= 4 is 21.8 Å². The number of aromatic amines is 1. The van der Waals surface area contributed by atoms with Crippen molar-refractivity contribution in [1.82, 2.24) is 20.8 Å². The summed E-state index contributed by atoms with van der Waals surface area (Å²) < 4.78 is 0.748. The summed E-state index contributed by atoms with van der Waals surface area (Å²) in [5, 5.41) is 13.3. The predicted octanol–water partition coefficient (Wildman–Crippen LogP) is 2.83. The van der Waals surface area contributed by atoms with E-state index in [-0.39, 0.29) is 11.8 Å². The second kappa shape index (κ2) is 6.22. The lowest BCUT2D eigenvalue weighted by atomic mass is 10.1. The summed E-state index contributed by atoms with van der Waals surface area (Å²) in [6, 6.07) is 6.33. The summed E-state index contributed by atoms with van der Waals surface area (Å²) in [6.07, 6.45) is 0. The molecule has 1 aromatic carbocycles. The van der Waals surface area contributed by atoms with E-state index in [1.807, 2.05) is 0 Å². The van der Waals surface area contributed by atoms with Gasteiger partial charge < -0.3 is 10.6 Å². The minimum Gasteiger partial charge on any atom is -0.347 e. The van der Waals surface area contributed by atoms with E-state index in [0.29, 0.717) is 12.2 Å². The monoisotopic (exact) mass is 362 g/mol. The van der Waals surface area contributed by atoms with E-state index in [2.05, 4.69) is 68.8 Å². The number of carbonyl (C=O) groups is 1. The molecule has 1 aliphatic heterocycles. The van der Waals surface area contributed by atoms with Crippen LogP contribution in [0.15, 0.2) is 22.7 Å². The van der Waals surface area contributed by atoms with Gasteiger partial charge in [-0.1, -0.05) is 32.0 Å². The lowest BCUT2D eigenvalue weighted by Crippen LogP contribution is -2.23. The van der Waals surface area contributed by atoms with Gasteiger partial charge in [0.2, 0.25) is 0 Å². The van der Waals surface area contributed by atoms with Crippen molar-refractivity contribution in [3.63, 3.8) is 0 Å². The first-order valence-corrected chi connectivity index (χ1v) is 8.19. The van der Waals surface area contributed by atoms with Crippen LogP contribution in [0.4, 0.5) is 0 Å². The summed E-state index contributed by atoms with van der Waals surface area (Å²) in [6.45, 7) is 6.44. The Bertz CT molecular complexity index is 708. The molecule has 3 rings (SSSR count). The molecule has 6 heteroatoms. The molecule has 0 bridgehead atoms. The first-order valence-electron chi connectivity index (χ1n) is 7.39. The normalized spacial score (nSPS) is 13.5. The van der Waals surface area contributed by atoms with Gasteiger partial charge in [-0.05, 0) is 38.5 Å². The maximum absolute atomic E-state index is 12.3. The quantitative estimate of drug-likeness (QED) is 0.783. The van der Waals surface area contributed by atoms with Crippen molar-refractivity contribution < 1.29 is 4.79 Å². The van der Waals surface area contributed by atoms with Crippen LogP contribution in [0.2, 0.25) is 0 Å². The predicted molar refractivity (Wildman–Crippen MR) is 88.5 cm³/mol. The van der Waals surface area contributed by atoms with E-state index >= 15 is 0 Å². The van der Waals surface area contributed by atoms with Crippen molar-refractivity contribution in [1.29, 1.82) is 0 Å². The van der Waals surface area contributed by atoms with Gasteiger partial charge in [0.15, 0.2) is 5.69 Å². The van der Waals surface area contributed by atoms with Crippen LogP contribution < -0.4 is 10.6 Å². The highest BCUT2D eigenvalue weighted by atomic mass is 79.9. The molecular formula is C16H19BrN4O. The molecule has 2 heterocycles. The smallest absolute Gasteiger partial charge is 0.273 e. The molecule has 0 fully saturated rings. The fourth-order valence-corrected chi connectivity index (χ4v) is 3.41. The highest BCUT2D eigenvalue weighted by Crippen LogP contribution is 2.25. The van der Waals surface area contributed by atoms with E-state index in [1.165, 1.54) is 11.1 Å². The summed E-state index contributed by atoms with van der Waals surface area (Å²) in [5.41, 5.74) is 5.10. The molecule has 0 saturated heterocycles. The second-order valence-corrected chi connectivity index (χ2v) is 6.64. The largest absolute Gasteiger partial charge is 0.347 e. The van der Waals surface area contributed by atoms with Crippen LogP contribution in [-0.2, 0) is 19.6 Å². The number of benzene rings is 1. The number of hydrogen-bond acceptors (Lipinski definition) is 3. The molecule has 0 unspecified atom stereocenters. The molecule has 22 heavy (non-hydrogen) atoms. The molecule has 0 saturated carbocycles. The number of carbonyl (C=O) groups excluding carboxylic acids is 1. The molecule has 0 spiro atoms. The Morgan fingerprint density at radius 2 is 2.14 bits per heavy atom. The van der Waals surface area contributed by atoms with Gasteiger partial charge in [-0.2, -0.15) is 5.10 Å². The zero-order chi connectivity index (χ0) is 15.7. The first-order chi connectivity index (χ1) is 10.6. The van der Waals surface area contributed by atoms with Crippen molar-refractivity contribution in [3.8, 4) is 0 Å². The Hall–Kier alpha value is -1.66. The van der Waals surface area contributed by atoms with Gasteiger partial charge in [-0.3, -0.25) is 9.89 Å². The molecule has 0 atom stereocenters. The number of nitrogens with one attached hydrogen (secondary N) is 3. The van der Waals surface area contributed by atoms with Crippen LogP contribution in [0, 0.1) is 0 Å². The van der Waals surface area contributed by atoms with Crippen LogP contribution in [0.5, 0.6) is 0 Å². The number of rotatable bonds is 4. The maximum Gasteiger partial charge on any atom is 0.273 e. The molecular weight excluding hydrogens is 344 g/mol. The number of aromatic nitrogens is 2. The number of fused-ring (bicyclic) bond motifs is 1. The van der Waals surface area contributed by atoms with E-state index in [1.54, 1.807) is 0 Å². The van der Waals surface area contributed by atoms with E-state index in [0.717, 1.165) is 28.8 Å². The summed E-state index contributed by atoms with van der Waals surface area (Å²) >= 11 is 3.46. The fraction of sp³-hybridized carbons (Fsp3) is 0.375. The zero-order valence-electron chi connectivity index (χ0n) is 12.7. The number of hydrogen-bond donors (Lipinski definition) is 3.